The molecule has 0 rings (SSSR count). The van der Waals surface area contributed by atoms with Gasteiger partial charge in [0.2, 0.25) is 0 Å². The van der Waals surface area contributed by atoms with Gasteiger partial charge in [-0.25, -0.2) is 4.79 Å². The molecule has 0 fully saturated rings. The molecule has 0 amide bonds. The SMILES string of the molecule is CC[C@@H](C)OC(=O)C(F)(F)F. The van der Waals surface area contributed by atoms with Crippen molar-refractivity contribution in [2.45, 2.75) is 32.5 Å². The van der Waals surface area contributed by atoms with Crippen molar-refractivity contribution in [2.24, 2.45) is 0 Å². The fourth-order valence-corrected chi connectivity index (χ4v) is 0.333. The molecule has 0 N–H and O–H groups in total. The minimum Gasteiger partial charge on any atom is -0.456 e. The Morgan fingerprint density at radius 2 is 2.00 bits per heavy atom. The van der Waals surface area contributed by atoms with Crippen LogP contribution >= 0.6 is 0 Å². The molecule has 0 aromatic heterocycles. The molecule has 0 aliphatic carbocycles. The largest absolute Gasteiger partial charge is 0.490 e. The molecule has 0 spiro atoms. The highest BCUT2D eigenvalue weighted by molar-refractivity contribution is 5.75. The van der Waals surface area contributed by atoms with Gasteiger partial charge in [0.05, 0.1) is 6.10 Å². The summed E-state index contributed by atoms with van der Waals surface area (Å²) in [5.74, 6) is -2.12. The van der Waals surface area contributed by atoms with Gasteiger partial charge in [0, 0.05) is 0 Å². The first-order valence-corrected chi connectivity index (χ1v) is 3.15. The van der Waals surface area contributed by atoms with Crippen LogP contribution in [0.15, 0.2) is 0 Å². The van der Waals surface area contributed by atoms with E-state index in [-0.39, 0.29) is 0 Å². The summed E-state index contributed by atoms with van der Waals surface area (Å²) in [4.78, 5) is 10.1. The van der Waals surface area contributed by atoms with Crippen LogP contribution in [0.4, 0.5) is 13.2 Å². The molecule has 0 aliphatic rings. The topological polar surface area (TPSA) is 26.3 Å². The quantitative estimate of drug-likeness (QED) is 0.591. The lowest BCUT2D eigenvalue weighted by Gasteiger charge is -2.11. The first-order chi connectivity index (χ1) is 4.88. The summed E-state index contributed by atoms with van der Waals surface area (Å²) in [5.41, 5.74) is 0. The zero-order valence-corrected chi connectivity index (χ0v) is 6.23. The summed E-state index contributed by atoms with van der Waals surface area (Å²) < 4.78 is 38.4. The highest BCUT2D eigenvalue weighted by atomic mass is 19.4. The predicted octanol–water partition coefficient (Wildman–Crippen LogP) is 1.89. The van der Waals surface area contributed by atoms with Gasteiger partial charge in [-0.3, -0.25) is 0 Å². The van der Waals surface area contributed by atoms with Gasteiger partial charge in [0.15, 0.2) is 0 Å². The Morgan fingerprint density at radius 3 is 2.27 bits per heavy atom. The zero-order valence-electron chi connectivity index (χ0n) is 6.23. The van der Waals surface area contributed by atoms with Crippen molar-refractivity contribution < 1.29 is 22.7 Å². The molecular weight excluding hydrogens is 161 g/mol. The second-order valence-corrected chi connectivity index (χ2v) is 2.12. The molecule has 2 nitrogen and oxygen atoms in total. The molecule has 0 bridgehead atoms. The van der Waals surface area contributed by atoms with Crippen molar-refractivity contribution in [1.82, 2.24) is 0 Å². The molecule has 66 valence electrons. The number of halogens is 3. The van der Waals surface area contributed by atoms with Crippen LogP contribution in [0.3, 0.4) is 0 Å². The molecule has 0 heterocycles. The molecule has 0 radical (unpaired) electrons. The maximum Gasteiger partial charge on any atom is 0.490 e. The lowest BCUT2D eigenvalue weighted by molar-refractivity contribution is -0.204. The van der Waals surface area contributed by atoms with Crippen LogP contribution in [0, 0.1) is 0 Å². The summed E-state index contributed by atoms with van der Waals surface area (Å²) in [6.45, 7) is 3.04. The molecule has 5 heteroatoms. The monoisotopic (exact) mass is 170 g/mol. The summed E-state index contributed by atoms with van der Waals surface area (Å²) in [5, 5.41) is 0. The van der Waals surface area contributed by atoms with Crippen molar-refractivity contribution in [1.29, 1.82) is 0 Å². The van der Waals surface area contributed by atoms with Crippen LogP contribution in [0.2, 0.25) is 0 Å². The standard InChI is InChI=1S/C6H9F3O2/c1-3-4(2)11-5(10)6(7,8)9/h4H,3H2,1-2H3/t4-/m1/s1. The van der Waals surface area contributed by atoms with E-state index in [2.05, 4.69) is 4.74 Å². The molecular formula is C6H9F3O2. The number of ether oxygens (including phenoxy) is 1. The molecule has 1 atom stereocenters. The van der Waals surface area contributed by atoms with E-state index < -0.39 is 18.2 Å². The van der Waals surface area contributed by atoms with Gasteiger partial charge >= 0.3 is 12.1 Å². The maximum atomic E-state index is 11.5. The summed E-state index contributed by atoms with van der Waals surface area (Å²) in [6.07, 6.45) is -5.17. The van der Waals surface area contributed by atoms with E-state index in [1.165, 1.54) is 6.92 Å². The third-order valence-corrected chi connectivity index (χ3v) is 1.11. The molecule has 0 aromatic rings. The minimum absolute atomic E-state index is 0.377. The van der Waals surface area contributed by atoms with E-state index in [0.29, 0.717) is 6.42 Å². The highest BCUT2D eigenvalue weighted by Gasteiger charge is 2.41. The van der Waals surface area contributed by atoms with Gasteiger partial charge in [0.1, 0.15) is 0 Å². The van der Waals surface area contributed by atoms with Gasteiger partial charge in [-0.05, 0) is 13.3 Å². The number of carbonyl (C=O) groups is 1. The van der Waals surface area contributed by atoms with E-state index in [4.69, 9.17) is 0 Å². The number of hydrogen-bond donors (Lipinski definition) is 0. The zero-order chi connectivity index (χ0) is 9.07. The second kappa shape index (κ2) is 3.59. The lowest BCUT2D eigenvalue weighted by Crippen LogP contribution is -2.28. The van der Waals surface area contributed by atoms with Crippen LogP contribution in [0.1, 0.15) is 20.3 Å². The van der Waals surface area contributed by atoms with Crippen molar-refractivity contribution in [3.05, 3.63) is 0 Å². The van der Waals surface area contributed by atoms with Gasteiger partial charge < -0.3 is 4.74 Å². The third-order valence-electron chi connectivity index (χ3n) is 1.11. The normalized spacial score (nSPS) is 14.3. The van der Waals surface area contributed by atoms with E-state index in [1.54, 1.807) is 6.92 Å². The average molecular weight is 170 g/mol. The van der Waals surface area contributed by atoms with Crippen LogP contribution in [-0.2, 0) is 9.53 Å². The third kappa shape index (κ3) is 3.85. The smallest absolute Gasteiger partial charge is 0.456 e. The van der Waals surface area contributed by atoms with Crippen LogP contribution in [0.5, 0.6) is 0 Å². The van der Waals surface area contributed by atoms with Crippen LogP contribution in [-0.4, -0.2) is 18.2 Å². The van der Waals surface area contributed by atoms with Gasteiger partial charge in [-0.2, -0.15) is 13.2 Å². The first-order valence-electron chi connectivity index (χ1n) is 3.15. The fraction of sp³-hybridized carbons (Fsp3) is 0.833. The number of carbonyl (C=O) groups excluding carboxylic acids is 1. The Balaban J connectivity index is 3.88. The molecule has 0 saturated carbocycles. The Hall–Kier alpha value is -0.740. The molecule has 0 saturated heterocycles. The molecule has 11 heavy (non-hydrogen) atoms. The average Bonchev–Trinajstić information content (AvgIpc) is 1.85. The number of rotatable bonds is 2. The van der Waals surface area contributed by atoms with Crippen LogP contribution < -0.4 is 0 Å². The molecule has 0 unspecified atom stereocenters. The van der Waals surface area contributed by atoms with Crippen molar-refractivity contribution >= 4 is 5.97 Å². The maximum absolute atomic E-state index is 11.5. The number of hydrogen-bond acceptors (Lipinski definition) is 2. The van der Waals surface area contributed by atoms with E-state index in [9.17, 15) is 18.0 Å². The lowest BCUT2D eigenvalue weighted by atomic mass is 10.3. The van der Waals surface area contributed by atoms with Gasteiger partial charge in [-0.15, -0.1) is 0 Å². The van der Waals surface area contributed by atoms with Crippen molar-refractivity contribution in [2.75, 3.05) is 0 Å². The summed E-state index contributed by atoms with van der Waals surface area (Å²) in [7, 11) is 0. The Morgan fingerprint density at radius 1 is 1.55 bits per heavy atom. The van der Waals surface area contributed by atoms with Crippen LogP contribution in [0.25, 0.3) is 0 Å². The summed E-state index contributed by atoms with van der Waals surface area (Å²) >= 11 is 0. The Kier molecular flexibility index (Phi) is 3.35. The van der Waals surface area contributed by atoms with E-state index in [0.717, 1.165) is 0 Å². The van der Waals surface area contributed by atoms with E-state index >= 15 is 0 Å². The minimum atomic E-state index is -4.87. The predicted molar refractivity (Wildman–Crippen MR) is 31.9 cm³/mol. The first kappa shape index (κ1) is 10.3. The fourth-order valence-electron chi connectivity index (χ4n) is 0.333. The summed E-state index contributed by atoms with van der Waals surface area (Å²) in [6, 6.07) is 0. The van der Waals surface area contributed by atoms with Gasteiger partial charge in [0.25, 0.3) is 0 Å². The highest BCUT2D eigenvalue weighted by Crippen LogP contribution is 2.17. The second-order valence-electron chi connectivity index (χ2n) is 2.12. The van der Waals surface area contributed by atoms with Gasteiger partial charge in [-0.1, -0.05) is 6.92 Å². The van der Waals surface area contributed by atoms with E-state index in [1.807, 2.05) is 0 Å². The molecule has 0 aliphatic heterocycles. The molecule has 0 aromatic carbocycles. The Bertz CT molecular complexity index is 141. The number of alkyl halides is 3. The number of esters is 1. The Labute approximate surface area is 62.3 Å². The van der Waals surface area contributed by atoms with Crippen molar-refractivity contribution in [3.8, 4) is 0 Å². The van der Waals surface area contributed by atoms with Crippen molar-refractivity contribution in [3.63, 3.8) is 0 Å².